The van der Waals surface area contributed by atoms with Crippen molar-refractivity contribution < 1.29 is 18.8 Å². The second-order valence-corrected chi connectivity index (χ2v) is 7.76. The van der Waals surface area contributed by atoms with Crippen LogP contribution in [0.3, 0.4) is 0 Å². The van der Waals surface area contributed by atoms with Gasteiger partial charge < -0.3 is 19.5 Å². The third kappa shape index (κ3) is 4.15. The van der Waals surface area contributed by atoms with Gasteiger partial charge in [-0.15, -0.1) is 0 Å². The molecule has 1 aromatic carbocycles. The van der Waals surface area contributed by atoms with Gasteiger partial charge in [-0.05, 0) is 49.6 Å². The Morgan fingerprint density at radius 2 is 1.93 bits per heavy atom. The maximum atomic E-state index is 12.6. The number of benzene rings is 1. The molecule has 0 radical (unpaired) electrons. The summed E-state index contributed by atoms with van der Waals surface area (Å²) in [5.41, 5.74) is 1.28. The fourth-order valence-electron chi connectivity index (χ4n) is 3.85. The number of rotatable bonds is 4. The average Bonchev–Trinajstić information content (AvgIpc) is 3.40. The molecule has 2 saturated heterocycles. The van der Waals surface area contributed by atoms with E-state index in [0.29, 0.717) is 61.1 Å². The number of amides is 3. The molecule has 2 fully saturated rings. The molecule has 7 nitrogen and oxygen atoms in total. The number of nitrogens with zero attached hydrogens (tertiary/aromatic N) is 2. The molecule has 3 heterocycles. The van der Waals surface area contributed by atoms with E-state index >= 15 is 0 Å². The van der Waals surface area contributed by atoms with Gasteiger partial charge in [0.1, 0.15) is 0 Å². The Labute approximate surface area is 173 Å². The predicted octanol–water partition coefficient (Wildman–Crippen LogP) is 3.55. The van der Waals surface area contributed by atoms with Crippen LogP contribution in [0.4, 0.5) is 11.4 Å². The molecule has 0 unspecified atom stereocenters. The molecule has 0 spiro atoms. The van der Waals surface area contributed by atoms with Crippen LogP contribution < -0.4 is 10.2 Å². The van der Waals surface area contributed by atoms with Gasteiger partial charge in [-0.25, -0.2) is 0 Å². The minimum Gasteiger partial charge on any atom is -0.459 e. The van der Waals surface area contributed by atoms with E-state index in [1.165, 1.54) is 6.26 Å². The summed E-state index contributed by atoms with van der Waals surface area (Å²) in [5.74, 6) is -0.0169. The molecule has 2 aliphatic rings. The van der Waals surface area contributed by atoms with Crippen molar-refractivity contribution in [1.82, 2.24) is 4.90 Å². The number of carbonyl (C=O) groups excluding carboxylic acids is 3. The second-order valence-electron chi connectivity index (χ2n) is 7.35. The van der Waals surface area contributed by atoms with Crippen LogP contribution in [0, 0.1) is 5.92 Å². The number of carbonyl (C=O) groups is 3. The van der Waals surface area contributed by atoms with Gasteiger partial charge in [0.2, 0.25) is 11.8 Å². The van der Waals surface area contributed by atoms with E-state index < -0.39 is 0 Å². The van der Waals surface area contributed by atoms with Gasteiger partial charge in [0.05, 0.1) is 17.0 Å². The van der Waals surface area contributed by atoms with Crippen LogP contribution in [0.2, 0.25) is 5.02 Å². The lowest BCUT2D eigenvalue weighted by molar-refractivity contribution is -0.121. The van der Waals surface area contributed by atoms with Gasteiger partial charge in [0, 0.05) is 37.7 Å². The third-order valence-electron chi connectivity index (χ3n) is 5.46. The zero-order chi connectivity index (χ0) is 20.4. The van der Waals surface area contributed by atoms with Crippen molar-refractivity contribution in [1.29, 1.82) is 0 Å². The molecule has 0 saturated carbocycles. The first-order chi connectivity index (χ1) is 14.0. The largest absolute Gasteiger partial charge is 0.459 e. The molecule has 29 heavy (non-hydrogen) atoms. The fraction of sp³-hybridized carbons (Fsp3) is 0.381. The Balaban J connectivity index is 1.33. The summed E-state index contributed by atoms with van der Waals surface area (Å²) in [7, 11) is 0. The molecule has 3 amide bonds. The second kappa shape index (κ2) is 8.29. The van der Waals surface area contributed by atoms with Gasteiger partial charge in [-0.1, -0.05) is 11.6 Å². The van der Waals surface area contributed by atoms with E-state index in [-0.39, 0.29) is 23.6 Å². The van der Waals surface area contributed by atoms with Crippen LogP contribution in [-0.2, 0) is 9.59 Å². The fourth-order valence-corrected chi connectivity index (χ4v) is 4.13. The van der Waals surface area contributed by atoms with E-state index in [1.807, 2.05) is 0 Å². The van der Waals surface area contributed by atoms with E-state index in [0.717, 1.165) is 6.42 Å². The highest BCUT2D eigenvalue weighted by Gasteiger charge is 2.29. The summed E-state index contributed by atoms with van der Waals surface area (Å²) in [6.07, 6.45) is 4.02. The smallest absolute Gasteiger partial charge is 0.289 e. The van der Waals surface area contributed by atoms with E-state index in [9.17, 15) is 14.4 Å². The molecule has 0 aliphatic carbocycles. The van der Waals surface area contributed by atoms with Gasteiger partial charge >= 0.3 is 0 Å². The molecule has 0 atom stereocenters. The quantitative estimate of drug-likeness (QED) is 0.827. The average molecular weight is 416 g/mol. The van der Waals surface area contributed by atoms with Crippen LogP contribution in [0.25, 0.3) is 0 Å². The molecule has 1 aromatic heterocycles. The predicted molar refractivity (Wildman–Crippen MR) is 109 cm³/mol. The molecule has 0 bridgehead atoms. The van der Waals surface area contributed by atoms with Crippen molar-refractivity contribution in [2.75, 3.05) is 29.9 Å². The van der Waals surface area contributed by atoms with Crippen molar-refractivity contribution in [2.45, 2.75) is 25.7 Å². The minimum atomic E-state index is -0.172. The van der Waals surface area contributed by atoms with Crippen LogP contribution in [0.5, 0.6) is 0 Å². The Morgan fingerprint density at radius 3 is 2.55 bits per heavy atom. The molecule has 4 rings (SSSR count). The number of furan rings is 1. The Bertz CT molecular complexity index is 920. The van der Waals surface area contributed by atoms with Crippen LogP contribution in [0.1, 0.15) is 36.2 Å². The van der Waals surface area contributed by atoms with Crippen molar-refractivity contribution in [2.24, 2.45) is 5.92 Å². The number of nitrogens with one attached hydrogen (secondary N) is 1. The van der Waals surface area contributed by atoms with Crippen LogP contribution >= 0.6 is 11.6 Å². The highest BCUT2D eigenvalue weighted by molar-refractivity contribution is 6.34. The van der Waals surface area contributed by atoms with Crippen molar-refractivity contribution in [3.05, 3.63) is 47.4 Å². The van der Waals surface area contributed by atoms with Crippen molar-refractivity contribution in [3.63, 3.8) is 0 Å². The van der Waals surface area contributed by atoms with Gasteiger partial charge in [-0.2, -0.15) is 0 Å². The minimum absolute atomic E-state index is 0.0690. The first-order valence-corrected chi connectivity index (χ1v) is 10.1. The summed E-state index contributed by atoms with van der Waals surface area (Å²) in [4.78, 5) is 40.3. The summed E-state index contributed by atoms with van der Waals surface area (Å²) in [6.45, 7) is 1.68. The Morgan fingerprint density at radius 1 is 1.14 bits per heavy atom. The molecule has 2 aliphatic heterocycles. The lowest BCUT2D eigenvalue weighted by Crippen LogP contribution is -2.41. The monoisotopic (exact) mass is 415 g/mol. The molecule has 1 N–H and O–H groups in total. The first kappa shape index (κ1) is 19.5. The number of likely N-dealkylation sites (tertiary alicyclic amines) is 1. The van der Waals surface area contributed by atoms with E-state index in [1.54, 1.807) is 40.1 Å². The number of anilines is 2. The SMILES string of the molecule is O=C(Nc1ccc(N2CCCC2=O)c(Cl)c1)C1CCN(C(=O)c2ccco2)CC1. The maximum Gasteiger partial charge on any atom is 0.289 e. The maximum absolute atomic E-state index is 12.6. The lowest BCUT2D eigenvalue weighted by atomic mass is 9.95. The van der Waals surface area contributed by atoms with Crippen molar-refractivity contribution >= 4 is 40.7 Å². The molecule has 152 valence electrons. The van der Waals surface area contributed by atoms with Crippen LogP contribution in [-0.4, -0.2) is 42.3 Å². The lowest BCUT2D eigenvalue weighted by Gasteiger charge is -2.30. The van der Waals surface area contributed by atoms with Gasteiger partial charge in [-0.3, -0.25) is 14.4 Å². The molecular formula is C21H22ClN3O4. The zero-order valence-electron chi connectivity index (χ0n) is 15.9. The Hall–Kier alpha value is -2.80. The topological polar surface area (TPSA) is 82.9 Å². The summed E-state index contributed by atoms with van der Waals surface area (Å²) < 4.78 is 5.16. The highest BCUT2D eigenvalue weighted by Crippen LogP contribution is 2.32. The van der Waals surface area contributed by atoms with E-state index in [2.05, 4.69) is 5.32 Å². The van der Waals surface area contributed by atoms with Gasteiger partial charge in [0.25, 0.3) is 5.91 Å². The van der Waals surface area contributed by atoms with Gasteiger partial charge in [0.15, 0.2) is 5.76 Å². The van der Waals surface area contributed by atoms with Crippen molar-refractivity contribution in [3.8, 4) is 0 Å². The standard InChI is InChI=1S/C21H22ClN3O4/c22-16-13-15(5-6-17(16)25-9-1-4-19(25)26)23-20(27)14-7-10-24(11-8-14)21(28)18-3-2-12-29-18/h2-3,5-6,12-14H,1,4,7-11H2,(H,23,27). The normalized spacial score (nSPS) is 17.6. The number of piperidine rings is 1. The molecule has 8 heteroatoms. The zero-order valence-corrected chi connectivity index (χ0v) is 16.7. The summed E-state index contributed by atoms with van der Waals surface area (Å²) in [6, 6.07) is 8.54. The third-order valence-corrected chi connectivity index (χ3v) is 5.77. The van der Waals surface area contributed by atoms with E-state index in [4.69, 9.17) is 16.0 Å². The Kier molecular flexibility index (Phi) is 5.58. The summed E-state index contributed by atoms with van der Waals surface area (Å²) in [5, 5.41) is 3.35. The number of hydrogen-bond donors (Lipinski definition) is 1. The van der Waals surface area contributed by atoms with Crippen LogP contribution in [0.15, 0.2) is 41.0 Å². The first-order valence-electron chi connectivity index (χ1n) is 9.76. The molecule has 2 aromatic rings. The number of hydrogen-bond acceptors (Lipinski definition) is 4. The highest BCUT2D eigenvalue weighted by atomic mass is 35.5. The number of halogens is 1. The molecular weight excluding hydrogens is 394 g/mol. The summed E-state index contributed by atoms with van der Waals surface area (Å²) >= 11 is 6.35.